The summed E-state index contributed by atoms with van der Waals surface area (Å²) in [6.45, 7) is 3.34. The van der Waals surface area contributed by atoms with Crippen molar-refractivity contribution in [1.82, 2.24) is 14.8 Å². The van der Waals surface area contributed by atoms with Crippen molar-refractivity contribution in [2.75, 3.05) is 11.4 Å². The van der Waals surface area contributed by atoms with Crippen molar-refractivity contribution in [3.8, 4) is 0 Å². The Balaban J connectivity index is 1.37. The zero-order valence-electron chi connectivity index (χ0n) is 16.5. The molecule has 0 unspecified atom stereocenters. The van der Waals surface area contributed by atoms with Crippen LogP contribution in [0, 0.1) is 0 Å². The van der Waals surface area contributed by atoms with Crippen LogP contribution in [-0.4, -0.2) is 32.5 Å². The molecule has 1 amide bonds. The average Bonchev–Trinajstić information content (AvgIpc) is 3.32. The number of fused-ring (bicyclic) bond motifs is 1. The number of hydrogen-bond acceptors (Lipinski definition) is 5. The molecular formula is C22H24N4O2S. The SMILES string of the molecule is C[C@H](Sc1nnc(C2CC2)n1Cc1ccco1)C(=O)N1CCCc2ccccc21. The van der Waals surface area contributed by atoms with Gasteiger partial charge in [0, 0.05) is 18.2 Å². The topological polar surface area (TPSA) is 64.2 Å². The first kappa shape index (κ1) is 18.5. The van der Waals surface area contributed by atoms with Crippen LogP contribution in [0.5, 0.6) is 0 Å². The number of rotatable bonds is 6. The van der Waals surface area contributed by atoms with Crippen molar-refractivity contribution in [1.29, 1.82) is 0 Å². The quantitative estimate of drug-likeness (QED) is 0.570. The second-order valence-corrected chi connectivity index (χ2v) is 9.07. The van der Waals surface area contributed by atoms with E-state index in [1.807, 2.05) is 42.2 Å². The van der Waals surface area contributed by atoms with Crippen LogP contribution < -0.4 is 4.90 Å². The molecule has 1 atom stereocenters. The molecule has 1 aromatic carbocycles. The van der Waals surface area contributed by atoms with Crippen molar-refractivity contribution in [2.24, 2.45) is 0 Å². The number of anilines is 1. The fraction of sp³-hybridized carbons (Fsp3) is 0.409. The normalized spacial score (nSPS) is 17.2. The fourth-order valence-corrected chi connectivity index (χ4v) is 4.85. The van der Waals surface area contributed by atoms with Crippen molar-refractivity contribution in [2.45, 2.75) is 55.5 Å². The van der Waals surface area contributed by atoms with E-state index < -0.39 is 0 Å². The first-order valence-corrected chi connectivity index (χ1v) is 11.1. The van der Waals surface area contributed by atoms with Crippen LogP contribution >= 0.6 is 11.8 Å². The molecule has 0 saturated heterocycles. The van der Waals surface area contributed by atoms with Gasteiger partial charge in [-0.25, -0.2) is 0 Å². The zero-order chi connectivity index (χ0) is 19.8. The standard InChI is InChI=1S/C22H24N4O2S/c1-15(21(27)25-12-4-7-16-6-2-3-9-19(16)25)29-22-24-23-20(17-10-11-17)26(22)14-18-8-5-13-28-18/h2-3,5-6,8-9,13,15,17H,4,7,10-12,14H2,1H3/t15-/m0/s1. The number of carbonyl (C=O) groups excluding carboxylic acids is 1. The molecule has 2 aliphatic rings. The molecule has 1 aliphatic heterocycles. The van der Waals surface area contributed by atoms with Gasteiger partial charge in [0.15, 0.2) is 5.16 Å². The molecule has 3 heterocycles. The summed E-state index contributed by atoms with van der Waals surface area (Å²) in [4.78, 5) is 15.2. The molecule has 29 heavy (non-hydrogen) atoms. The minimum absolute atomic E-state index is 0.127. The van der Waals surface area contributed by atoms with E-state index in [0.717, 1.165) is 54.7 Å². The van der Waals surface area contributed by atoms with Gasteiger partial charge in [-0.15, -0.1) is 10.2 Å². The second-order valence-electron chi connectivity index (χ2n) is 7.76. The predicted octanol–water partition coefficient (Wildman–Crippen LogP) is 4.26. The molecule has 0 radical (unpaired) electrons. The first-order chi connectivity index (χ1) is 14.2. The van der Waals surface area contributed by atoms with Crippen LogP contribution in [0.25, 0.3) is 0 Å². The predicted molar refractivity (Wildman–Crippen MR) is 112 cm³/mol. The number of nitrogens with zero attached hydrogens (tertiary/aromatic N) is 4. The number of thioether (sulfide) groups is 1. The van der Waals surface area contributed by atoms with Crippen LogP contribution in [0.15, 0.2) is 52.2 Å². The molecular weight excluding hydrogens is 384 g/mol. The zero-order valence-corrected chi connectivity index (χ0v) is 17.3. The summed E-state index contributed by atoms with van der Waals surface area (Å²) in [6.07, 6.45) is 6.02. The van der Waals surface area contributed by atoms with Gasteiger partial charge in [-0.3, -0.25) is 9.36 Å². The lowest BCUT2D eigenvalue weighted by Crippen LogP contribution is -2.40. The third kappa shape index (κ3) is 3.71. The van der Waals surface area contributed by atoms with E-state index in [1.165, 1.54) is 17.3 Å². The van der Waals surface area contributed by atoms with E-state index in [4.69, 9.17) is 4.42 Å². The van der Waals surface area contributed by atoms with Gasteiger partial charge in [0.2, 0.25) is 5.91 Å². The van der Waals surface area contributed by atoms with E-state index in [0.29, 0.717) is 12.5 Å². The van der Waals surface area contributed by atoms with Gasteiger partial charge >= 0.3 is 0 Å². The number of para-hydroxylation sites is 1. The van der Waals surface area contributed by atoms with E-state index >= 15 is 0 Å². The minimum atomic E-state index is -0.243. The maximum absolute atomic E-state index is 13.3. The lowest BCUT2D eigenvalue weighted by molar-refractivity contribution is -0.117. The van der Waals surface area contributed by atoms with Crippen LogP contribution in [0.4, 0.5) is 5.69 Å². The Morgan fingerprint density at radius 2 is 2.10 bits per heavy atom. The Labute approximate surface area is 174 Å². The highest BCUT2D eigenvalue weighted by Crippen LogP contribution is 2.41. The number of furan rings is 1. The molecule has 1 fully saturated rings. The maximum Gasteiger partial charge on any atom is 0.240 e. The van der Waals surface area contributed by atoms with Crippen molar-refractivity contribution in [3.05, 3.63) is 59.8 Å². The first-order valence-electron chi connectivity index (χ1n) is 10.2. The third-order valence-electron chi connectivity index (χ3n) is 5.59. The van der Waals surface area contributed by atoms with Crippen molar-refractivity contribution in [3.63, 3.8) is 0 Å². The van der Waals surface area contributed by atoms with E-state index in [2.05, 4.69) is 20.8 Å². The Morgan fingerprint density at radius 1 is 1.24 bits per heavy atom. The highest BCUT2D eigenvalue weighted by atomic mass is 32.2. The monoisotopic (exact) mass is 408 g/mol. The molecule has 5 rings (SSSR count). The summed E-state index contributed by atoms with van der Waals surface area (Å²) in [5, 5.41) is 9.42. The minimum Gasteiger partial charge on any atom is -0.467 e. The number of carbonyl (C=O) groups is 1. The highest BCUT2D eigenvalue weighted by Gasteiger charge is 2.33. The van der Waals surface area contributed by atoms with Crippen molar-refractivity contribution >= 4 is 23.4 Å². The maximum atomic E-state index is 13.3. The number of aryl methyl sites for hydroxylation is 1. The summed E-state index contributed by atoms with van der Waals surface area (Å²) < 4.78 is 7.66. The van der Waals surface area contributed by atoms with Crippen LogP contribution in [0.3, 0.4) is 0 Å². The Bertz CT molecular complexity index is 1010. The van der Waals surface area contributed by atoms with Crippen LogP contribution in [0.1, 0.15) is 49.3 Å². The van der Waals surface area contributed by atoms with Crippen molar-refractivity contribution < 1.29 is 9.21 Å². The third-order valence-corrected chi connectivity index (χ3v) is 6.66. The molecule has 6 nitrogen and oxygen atoms in total. The van der Waals surface area contributed by atoms with Crippen LogP contribution in [-0.2, 0) is 17.8 Å². The van der Waals surface area contributed by atoms with Gasteiger partial charge in [-0.2, -0.15) is 0 Å². The number of benzene rings is 1. The van der Waals surface area contributed by atoms with Gasteiger partial charge in [0.05, 0.1) is 18.1 Å². The van der Waals surface area contributed by atoms with E-state index in [-0.39, 0.29) is 11.2 Å². The molecule has 3 aromatic rings. The largest absolute Gasteiger partial charge is 0.467 e. The smallest absolute Gasteiger partial charge is 0.240 e. The molecule has 1 saturated carbocycles. The summed E-state index contributed by atoms with van der Waals surface area (Å²) in [6, 6.07) is 12.1. The second kappa shape index (κ2) is 7.71. The number of hydrogen-bond donors (Lipinski definition) is 0. The van der Waals surface area contributed by atoms with Gasteiger partial charge in [0.1, 0.15) is 11.6 Å². The van der Waals surface area contributed by atoms with Gasteiger partial charge in [-0.1, -0.05) is 30.0 Å². The molecule has 0 N–H and O–H groups in total. The molecule has 0 bridgehead atoms. The summed E-state index contributed by atoms with van der Waals surface area (Å²) in [5.74, 6) is 2.49. The fourth-order valence-electron chi connectivity index (χ4n) is 3.93. The number of amides is 1. The van der Waals surface area contributed by atoms with Gasteiger partial charge in [0.25, 0.3) is 0 Å². The molecule has 7 heteroatoms. The van der Waals surface area contributed by atoms with E-state index in [9.17, 15) is 4.79 Å². The Kier molecular flexibility index (Phi) is 4.91. The molecule has 0 spiro atoms. The molecule has 2 aromatic heterocycles. The summed E-state index contributed by atoms with van der Waals surface area (Å²) in [5.41, 5.74) is 2.30. The lowest BCUT2D eigenvalue weighted by atomic mass is 10.0. The van der Waals surface area contributed by atoms with Gasteiger partial charge in [-0.05, 0) is 56.4 Å². The average molecular weight is 409 g/mol. The summed E-state index contributed by atoms with van der Waals surface area (Å²) >= 11 is 1.49. The lowest BCUT2D eigenvalue weighted by Gasteiger charge is -2.31. The highest BCUT2D eigenvalue weighted by molar-refractivity contribution is 8.00. The van der Waals surface area contributed by atoms with E-state index in [1.54, 1.807) is 6.26 Å². The molecule has 150 valence electrons. The van der Waals surface area contributed by atoms with Gasteiger partial charge < -0.3 is 9.32 Å². The Morgan fingerprint density at radius 3 is 2.90 bits per heavy atom. The number of aromatic nitrogens is 3. The Hall–Kier alpha value is -2.54. The molecule has 1 aliphatic carbocycles. The summed E-state index contributed by atoms with van der Waals surface area (Å²) in [7, 11) is 0. The van der Waals surface area contributed by atoms with Crippen LogP contribution in [0.2, 0.25) is 0 Å².